The summed E-state index contributed by atoms with van der Waals surface area (Å²) in [6.07, 6.45) is 3.19. The lowest BCUT2D eigenvalue weighted by Gasteiger charge is -2.41. The molecule has 0 bridgehead atoms. The van der Waals surface area contributed by atoms with E-state index in [0.29, 0.717) is 17.1 Å². The molecule has 0 saturated carbocycles. The van der Waals surface area contributed by atoms with Gasteiger partial charge in [-0.3, -0.25) is 0 Å². The summed E-state index contributed by atoms with van der Waals surface area (Å²) >= 11 is 6.08. The molecule has 1 aliphatic rings. The zero-order chi connectivity index (χ0) is 13.6. The number of hydrogen-bond donors (Lipinski definition) is 0. The molecule has 3 heteroatoms. The molecular formula is C16H19ClN2. The summed E-state index contributed by atoms with van der Waals surface area (Å²) in [6, 6.07) is 7.11. The monoisotopic (exact) mass is 274 g/mol. The number of rotatable bonds is 2. The van der Waals surface area contributed by atoms with E-state index in [1.807, 2.05) is 12.3 Å². The largest absolute Gasteiger partial charge is 0.368 e. The van der Waals surface area contributed by atoms with Gasteiger partial charge in [-0.1, -0.05) is 31.5 Å². The fourth-order valence-corrected chi connectivity index (χ4v) is 3.01. The van der Waals surface area contributed by atoms with Crippen LogP contribution in [0.2, 0.25) is 5.15 Å². The molecular weight excluding hydrogens is 256 g/mol. The van der Waals surface area contributed by atoms with Crippen molar-refractivity contribution in [1.29, 1.82) is 0 Å². The summed E-state index contributed by atoms with van der Waals surface area (Å²) < 4.78 is 0. The van der Waals surface area contributed by atoms with E-state index in [2.05, 4.69) is 42.8 Å². The van der Waals surface area contributed by atoms with Crippen LogP contribution in [0.4, 0.5) is 5.69 Å². The van der Waals surface area contributed by atoms with E-state index in [1.165, 1.54) is 28.4 Å². The van der Waals surface area contributed by atoms with Gasteiger partial charge in [0.2, 0.25) is 0 Å². The standard InChI is InChI=1S/C16H19ClN2/c1-10(2)12-4-5-15(19-7-6-11(19)3)14-9-18-16(17)8-13(12)14/h4-5,8-11H,6-7H2,1-3H3/t11-/m1/s1. The van der Waals surface area contributed by atoms with Crippen molar-refractivity contribution >= 4 is 28.1 Å². The van der Waals surface area contributed by atoms with Gasteiger partial charge in [-0.25, -0.2) is 4.98 Å². The van der Waals surface area contributed by atoms with Crippen LogP contribution in [-0.2, 0) is 0 Å². The molecule has 19 heavy (non-hydrogen) atoms. The van der Waals surface area contributed by atoms with Crippen LogP contribution < -0.4 is 4.90 Å². The Kier molecular flexibility index (Phi) is 3.14. The minimum absolute atomic E-state index is 0.490. The molecule has 1 saturated heterocycles. The van der Waals surface area contributed by atoms with E-state index in [4.69, 9.17) is 11.6 Å². The van der Waals surface area contributed by atoms with Gasteiger partial charge in [0, 0.05) is 29.9 Å². The van der Waals surface area contributed by atoms with Gasteiger partial charge >= 0.3 is 0 Å². The molecule has 0 unspecified atom stereocenters. The SMILES string of the molecule is CC(C)c1ccc(N2CC[C@H]2C)c2cnc(Cl)cc12. The summed E-state index contributed by atoms with van der Waals surface area (Å²) in [7, 11) is 0. The maximum atomic E-state index is 6.08. The fraction of sp³-hybridized carbons (Fsp3) is 0.438. The Hall–Kier alpha value is -1.28. The van der Waals surface area contributed by atoms with Crippen LogP contribution in [0.25, 0.3) is 10.8 Å². The second kappa shape index (κ2) is 4.68. The van der Waals surface area contributed by atoms with Crippen LogP contribution in [0.15, 0.2) is 24.4 Å². The van der Waals surface area contributed by atoms with E-state index in [9.17, 15) is 0 Å². The van der Waals surface area contributed by atoms with Crippen molar-refractivity contribution in [3.63, 3.8) is 0 Å². The molecule has 0 N–H and O–H groups in total. The molecule has 1 atom stereocenters. The Morgan fingerprint density at radius 2 is 2.11 bits per heavy atom. The van der Waals surface area contributed by atoms with Crippen molar-refractivity contribution in [3.05, 3.63) is 35.1 Å². The van der Waals surface area contributed by atoms with Gasteiger partial charge in [-0.15, -0.1) is 0 Å². The zero-order valence-electron chi connectivity index (χ0n) is 11.7. The average Bonchev–Trinajstić information content (AvgIpc) is 2.36. The summed E-state index contributed by atoms with van der Waals surface area (Å²) in [5.41, 5.74) is 2.64. The first-order valence-corrected chi connectivity index (χ1v) is 7.30. The maximum Gasteiger partial charge on any atom is 0.129 e. The predicted molar refractivity (Wildman–Crippen MR) is 82.3 cm³/mol. The highest BCUT2D eigenvalue weighted by molar-refractivity contribution is 6.30. The third-order valence-corrected chi connectivity index (χ3v) is 4.34. The number of hydrogen-bond acceptors (Lipinski definition) is 2. The Bertz CT molecular complexity index is 621. The lowest BCUT2D eigenvalue weighted by molar-refractivity contribution is 0.483. The van der Waals surface area contributed by atoms with Crippen molar-refractivity contribution in [2.75, 3.05) is 11.4 Å². The minimum atomic E-state index is 0.490. The molecule has 2 heterocycles. The molecule has 1 fully saturated rings. The molecule has 3 rings (SSSR count). The first-order chi connectivity index (χ1) is 9.08. The Labute approximate surface area is 119 Å². The quantitative estimate of drug-likeness (QED) is 0.744. The summed E-state index contributed by atoms with van der Waals surface area (Å²) in [5.74, 6) is 0.490. The summed E-state index contributed by atoms with van der Waals surface area (Å²) in [4.78, 5) is 6.72. The van der Waals surface area contributed by atoms with Crippen molar-refractivity contribution in [2.45, 2.75) is 39.2 Å². The number of benzene rings is 1. The third-order valence-electron chi connectivity index (χ3n) is 4.13. The third kappa shape index (κ3) is 2.08. The zero-order valence-corrected chi connectivity index (χ0v) is 12.4. The second-order valence-electron chi connectivity index (χ2n) is 5.71. The first-order valence-electron chi connectivity index (χ1n) is 6.92. The van der Waals surface area contributed by atoms with Gasteiger partial charge in [-0.2, -0.15) is 0 Å². The molecule has 0 spiro atoms. The van der Waals surface area contributed by atoms with Gasteiger partial charge in [0.05, 0.1) is 0 Å². The highest BCUT2D eigenvalue weighted by Gasteiger charge is 2.25. The Balaban J connectivity index is 2.23. The number of anilines is 1. The van der Waals surface area contributed by atoms with Crippen LogP contribution in [-0.4, -0.2) is 17.6 Å². The Morgan fingerprint density at radius 3 is 2.68 bits per heavy atom. The molecule has 0 amide bonds. The highest BCUT2D eigenvalue weighted by atomic mass is 35.5. The topological polar surface area (TPSA) is 16.1 Å². The van der Waals surface area contributed by atoms with Gasteiger partial charge < -0.3 is 4.90 Å². The molecule has 0 radical (unpaired) electrons. The minimum Gasteiger partial charge on any atom is -0.368 e. The summed E-state index contributed by atoms with van der Waals surface area (Å²) in [6.45, 7) is 7.85. The van der Waals surface area contributed by atoms with Crippen LogP contribution in [0, 0.1) is 0 Å². The van der Waals surface area contributed by atoms with Gasteiger partial charge in [0.15, 0.2) is 0 Å². The van der Waals surface area contributed by atoms with E-state index >= 15 is 0 Å². The molecule has 2 aromatic rings. The molecule has 1 aromatic carbocycles. The van der Waals surface area contributed by atoms with E-state index in [-0.39, 0.29) is 0 Å². The van der Waals surface area contributed by atoms with Crippen LogP contribution in [0.3, 0.4) is 0 Å². The molecule has 2 nitrogen and oxygen atoms in total. The number of aromatic nitrogens is 1. The van der Waals surface area contributed by atoms with E-state index in [0.717, 1.165) is 6.54 Å². The number of halogens is 1. The number of pyridine rings is 1. The second-order valence-corrected chi connectivity index (χ2v) is 6.10. The van der Waals surface area contributed by atoms with Gasteiger partial charge in [0.25, 0.3) is 0 Å². The van der Waals surface area contributed by atoms with Crippen molar-refractivity contribution in [3.8, 4) is 0 Å². The van der Waals surface area contributed by atoms with Crippen molar-refractivity contribution < 1.29 is 0 Å². The predicted octanol–water partition coefficient (Wildman–Crippen LogP) is 4.61. The van der Waals surface area contributed by atoms with Crippen LogP contribution in [0.5, 0.6) is 0 Å². The maximum absolute atomic E-state index is 6.08. The van der Waals surface area contributed by atoms with Crippen molar-refractivity contribution in [1.82, 2.24) is 4.98 Å². The number of fused-ring (bicyclic) bond motifs is 1. The van der Waals surface area contributed by atoms with Crippen LogP contribution in [0.1, 0.15) is 38.7 Å². The molecule has 100 valence electrons. The average molecular weight is 275 g/mol. The van der Waals surface area contributed by atoms with Crippen LogP contribution >= 0.6 is 11.6 Å². The lowest BCUT2D eigenvalue weighted by atomic mass is 9.94. The van der Waals surface area contributed by atoms with Gasteiger partial charge in [-0.05, 0) is 42.3 Å². The van der Waals surface area contributed by atoms with E-state index in [1.54, 1.807) is 0 Å². The molecule has 1 aliphatic heterocycles. The molecule has 1 aromatic heterocycles. The smallest absolute Gasteiger partial charge is 0.129 e. The van der Waals surface area contributed by atoms with Crippen molar-refractivity contribution in [2.24, 2.45) is 0 Å². The molecule has 0 aliphatic carbocycles. The summed E-state index contributed by atoms with van der Waals surface area (Å²) in [5, 5.41) is 3.04. The highest BCUT2D eigenvalue weighted by Crippen LogP contribution is 2.37. The fourth-order valence-electron chi connectivity index (χ4n) is 2.85. The van der Waals surface area contributed by atoms with E-state index < -0.39 is 0 Å². The normalized spacial score (nSPS) is 19.0. The Morgan fingerprint density at radius 1 is 1.32 bits per heavy atom. The number of nitrogens with zero attached hydrogens (tertiary/aromatic N) is 2. The lowest BCUT2D eigenvalue weighted by Crippen LogP contribution is -2.45. The van der Waals surface area contributed by atoms with Gasteiger partial charge in [0.1, 0.15) is 5.15 Å². The first kappa shape index (κ1) is 12.7.